The first-order chi connectivity index (χ1) is 26.2. The van der Waals surface area contributed by atoms with Crippen LogP contribution >= 0.6 is 0 Å². The number of nitrogens with zero attached hydrogens (tertiary/aromatic N) is 3. The maximum absolute atomic E-state index is 14.1. The molecule has 6 aromatic rings. The zero-order valence-corrected chi connectivity index (χ0v) is 29.3. The molecule has 16 heteroatoms. The van der Waals surface area contributed by atoms with E-state index in [1.165, 1.54) is 12.1 Å². The lowest BCUT2D eigenvalue weighted by atomic mass is 9.91. The summed E-state index contributed by atoms with van der Waals surface area (Å²) in [6.45, 7) is 0.0937. The Labute approximate surface area is 308 Å². The molecule has 3 heterocycles. The van der Waals surface area contributed by atoms with Crippen molar-refractivity contribution in [2.75, 3.05) is 13.1 Å². The molecule has 1 fully saturated rings. The first-order valence-corrected chi connectivity index (χ1v) is 17.2. The Morgan fingerprint density at radius 2 is 1.56 bits per heavy atom. The Bertz CT molecular complexity index is 2390. The summed E-state index contributed by atoms with van der Waals surface area (Å²) >= 11 is 0. The minimum atomic E-state index is -4.80. The number of aliphatic carboxylic acids is 1. The molecule has 0 bridgehead atoms. The highest BCUT2D eigenvalue weighted by molar-refractivity contribution is 5.86. The zero-order chi connectivity index (χ0) is 39.2. The summed E-state index contributed by atoms with van der Waals surface area (Å²) in [5, 5.41) is 12.1. The predicted octanol–water partition coefficient (Wildman–Crippen LogP) is 9.61. The number of carboxylic acid groups (broad SMARTS) is 1. The number of rotatable bonds is 12. The first kappa shape index (κ1) is 37.8. The molecule has 1 saturated heterocycles. The number of likely N-dealkylation sites (tertiary alicyclic amines) is 1. The fourth-order valence-corrected chi connectivity index (χ4v) is 7.12. The van der Waals surface area contributed by atoms with Crippen molar-refractivity contribution >= 4 is 28.2 Å². The van der Waals surface area contributed by atoms with Crippen LogP contribution in [0, 0.1) is 13.8 Å². The van der Waals surface area contributed by atoms with Gasteiger partial charge in [-0.3, -0.25) is 9.69 Å². The van der Waals surface area contributed by atoms with E-state index in [0.717, 1.165) is 17.2 Å². The lowest BCUT2D eigenvalue weighted by molar-refractivity contribution is -0.142. The van der Waals surface area contributed by atoms with Crippen molar-refractivity contribution in [2.24, 2.45) is 0 Å². The number of carboxylic acids is 1. The Balaban J connectivity index is 1.24. The minimum Gasteiger partial charge on any atom is -0.480 e. The van der Waals surface area contributed by atoms with Crippen LogP contribution in [0.4, 0.5) is 30.7 Å². The minimum absolute atomic E-state index is 0.0541. The van der Waals surface area contributed by atoms with Gasteiger partial charge in [-0.05, 0) is 91.4 Å². The van der Waals surface area contributed by atoms with E-state index in [-0.39, 0.29) is 47.3 Å². The van der Waals surface area contributed by atoms with Gasteiger partial charge in [0.15, 0.2) is 11.2 Å². The number of carbonyl (C=O) groups is 1. The zero-order valence-electron chi connectivity index (χ0n) is 29.3. The molecule has 55 heavy (non-hydrogen) atoms. The summed E-state index contributed by atoms with van der Waals surface area (Å²) in [6.07, 6.45) is -6.38. The molecule has 0 saturated carbocycles. The molecule has 1 atom stereocenters. The molecule has 0 unspecified atom stereocenters. The largest absolute Gasteiger partial charge is 0.480 e. The average Bonchev–Trinajstić information content (AvgIpc) is 3.86. The topological polar surface area (TPSA) is 114 Å². The third kappa shape index (κ3) is 7.73. The molecule has 1 aliphatic heterocycles. The van der Waals surface area contributed by atoms with E-state index in [9.17, 15) is 40.6 Å². The third-order valence-corrected chi connectivity index (χ3v) is 9.71. The molecule has 0 amide bonds. The molecule has 0 spiro atoms. The van der Waals surface area contributed by atoms with Crippen LogP contribution in [0.2, 0.25) is 0 Å². The number of hydrogen-bond acceptors (Lipinski definition) is 8. The number of alkyl halides is 7. The molecule has 1 aliphatic rings. The Morgan fingerprint density at radius 3 is 2.18 bits per heavy atom. The second kappa shape index (κ2) is 15.0. The van der Waals surface area contributed by atoms with Gasteiger partial charge in [0, 0.05) is 35.8 Å². The lowest BCUT2D eigenvalue weighted by Gasteiger charge is -2.22. The predicted molar refractivity (Wildman–Crippen MR) is 188 cm³/mol. The molecule has 7 rings (SSSR count). The van der Waals surface area contributed by atoms with Gasteiger partial charge in [0.25, 0.3) is 6.43 Å². The number of fused-ring (bicyclic) bond motifs is 2. The van der Waals surface area contributed by atoms with E-state index >= 15 is 0 Å². The van der Waals surface area contributed by atoms with Crippen molar-refractivity contribution in [3.05, 3.63) is 88.5 Å². The average molecular weight is 771 g/mol. The maximum Gasteiger partial charge on any atom is 0.420 e. The molecule has 0 radical (unpaired) electrons. The van der Waals surface area contributed by atoms with Gasteiger partial charge in [-0.15, -0.1) is 0 Å². The molecular weight excluding hydrogens is 737 g/mol. The standard InChI is InChI=1S/C39H33F7N4O5/c1-19-23(24-7-4-9-26(20(24)2)36-49-29-13-21(16-47-17-33(40)41)12-27(34(29)55-36)39(44,45)46)6-3-8-25(19)35-48-28-14-22(18-50-11-5-10-30(50)37(51)52)31(54-38(42)43)15-32(28)53-35/h3-4,6-9,12-15,30,33,38,47H,5,10-11,16-18H2,1-2H3,(H,51,52)/t30-/m0/s1. The van der Waals surface area contributed by atoms with Gasteiger partial charge in [0.2, 0.25) is 11.8 Å². The van der Waals surface area contributed by atoms with Gasteiger partial charge in [0.1, 0.15) is 28.4 Å². The van der Waals surface area contributed by atoms with Crippen LogP contribution in [0.15, 0.2) is 69.5 Å². The first-order valence-electron chi connectivity index (χ1n) is 17.2. The van der Waals surface area contributed by atoms with E-state index in [4.69, 9.17) is 13.6 Å². The summed E-state index contributed by atoms with van der Waals surface area (Å²) in [5.41, 5.74) is 3.14. The highest BCUT2D eigenvalue weighted by Gasteiger charge is 2.36. The van der Waals surface area contributed by atoms with Crippen molar-refractivity contribution in [1.82, 2.24) is 20.2 Å². The van der Waals surface area contributed by atoms with E-state index in [1.54, 1.807) is 42.2 Å². The normalized spacial score (nSPS) is 15.3. The van der Waals surface area contributed by atoms with Crippen LogP contribution < -0.4 is 10.1 Å². The Kier molecular flexibility index (Phi) is 10.3. The Hall–Kier alpha value is -5.48. The van der Waals surface area contributed by atoms with Crippen molar-refractivity contribution < 1.29 is 54.2 Å². The lowest BCUT2D eigenvalue weighted by Crippen LogP contribution is -2.35. The summed E-state index contributed by atoms with van der Waals surface area (Å²) in [4.78, 5) is 22.5. The van der Waals surface area contributed by atoms with E-state index < -0.39 is 48.9 Å². The number of benzene rings is 4. The summed E-state index contributed by atoms with van der Waals surface area (Å²) in [6, 6.07) is 14.9. The summed E-state index contributed by atoms with van der Waals surface area (Å²) in [5.74, 6) is -1.02. The summed E-state index contributed by atoms with van der Waals surface area (Å²) < 4.78 is 111. The highest BCUT2D eigenvalue weighted by Crippen LogP contribution is 2.41. The number of halogens is 7. The number of oxazole rings is 2. The third-order valence-electron chi connectivity index (χ3n) is 9.71. The van der Waals surface area contributed by atoms with Gasteiger partial charge in [-0.1, -0.05) is 24.3 Å². The van der Waals surface area contributed by atoms with Crippen LogP contribution in [0.25, 0.3) is 56.2 Å². The van der Waals surface area contributed by atoms with Crippen molar-refractivity contribution in [3.63, 3.8) is 0 Å². The van der Waals surface area contributed by atoms with Crippen molar-refractivity contribution in [1.29, 1.82) is 0 Å². The van der Waals surface area contributed by atoms with Crippen LogP contribution in [0.3, 0.4) is 0 Å². The van der Waals surface area contributed by atoms with E-state index in [1.807, 2.05) is 19.1 Å². The molecule has 4 aromatic carbocycles. The van der Waals surface area contributed by atoms with Gasteiger partial charge < -0.3 is 24.0 Å². The Morgan fingerprint density at radius 1 is 0.927 bits per heavy atom. The van der Waals surface area contributed by atoms with Gasteiger partial charge >= 0.3 is 18.8 Å². The molecule has 2 N–H and O–H groups in total. The number of hydrogen-bond donors (Lipinski definition) is 2. The highest BCUT2D eigenvalue weighted by atomic mass is 19.4. The van der Waals surface area contributed by atoms with Gasteiger partial charge in [-0.25, -0.2) is 18.7 Å². The van der Waals surface area contributed by atoms with Crippen LogP contribution in [0.1, 0.15) is 40.7 Å². The van der Waals surface area contributed by atoms with E-state index in [0.29, 0.717) is 52.7 Å². The quantitative estimate of drug-likeness (QED) is 0.118. The maximum atomic E-state index is 14.1. The van der Waals surface area contributed by atoms with Crippen molar-refractivity contribution in [2.45, 2.75) is 65.0 Å². The van der Waals surface area contributed by atoms with Crippen LogP contribution in [-0.4, -0.2) is 58.1 Å². The fourth-order valence-electron chi connectivity index (χ4n) is 7.12. The summed E-state index contributed by atoms with van der Waals surface area (Å²) in [7, 11) is 0. The van der Waals surface area contributed by atoms with Crippen LogP contribution in [0.5, 0.6) is 5.75 Å². The van der Waals surface area contributed by atoms with Crippen molar-refractivity contribution in [3.8, 4) is 39.8 Å². The van der Waals surface area contributed by atoms with Gasteiger partial charge in [-0.2, -0.15) is 22.0 Å². The molecule has 9 nitrogen and oxygen atoms in total. The number of nitrogens with one attached hydrogen (secondary N) is 1. The number of aromatic nitrogens is 2. The molecule has 0 aliphatic carbocycles. The number of ether oxygens (including phenoxy) is 1. The second-order valence-electron chi connectivity index (χ2n) is 13.3. The second-order valence-corrected chi connectivity index (χ2v) is 13.3. The smallest absolute Gasteiger partial charge is 0.420 e. The van der Waals surface area contributed by atoms with Crippen LogP contribution in [-0.2, 0) is 24.1 Å². The fraction of sp³-hybridized carbons (Fsp3) is 0.308. The SMILES string of the molecule is Cc1c(-c2nc3cc(CN4CCC[C@H]4C(=O)O)c(OC(F)F)cc3o2)cccc1-c1cccc(-c2nc3cc(CNCC(F)F)cc(C(F)(F)F)c3o2)c1C. The molecular formula is C39H33F7N4O5. The molecule has 2 aromatic heterocycles. The van der Waals surface area contributed by atoms with E-state index in [2.05, 4.69) is 15.3 Å². The monoisotopic (exact) mass is 770 g/mol. The van der Waals surface area contributed by atoms with Gasteiger partial charge in [0.05, 0.1) is 6.54 Å². The molecule has 288 valence electrons.